The number of benzene rings is 1. The Morgan fingerprint density at radius 2 is 2.30 bits per heavy atom. The number of fused-ring (bicyclic) bond motifs is 1. The van der Waals surface area contributed by atoms with Crippen LogP contribution in [0.4, 0.5) is 5.69 Å². The van der Waals surface area contributed by atoms with Crippen LogP contribution < -0.4 is 15.5 Å². The highest BCUT2D eigenvalue weighted by Gasteiger charge is 2.29. The van der Waals surface area contributed by atoms with E-state index in [0.717, 1.165) is 18.4 Å². The Labute approximate surface area is 122 Å². The summed E-state index contributed by atoms with van der Waals surface area (Å²) in [5, 5.41) is 6.81. The smallest absolute Gasteiger partial charge is 0.0400 e. The van der Waals surface area contributed by atoms with Gasteiger partial charge in [-0.1, -0.05) is 12.1 Å². The van der Waals surface area contributed by atoms with E-state index in [4.69, 9.17) is 0 Å². The van der Waals surface area contributed by atoms with E-state index in [9.17, 15) is 0 Å². The predicted octanol–water partition coefficient (Wildman–Crippen LogP) is 2.33. The lowest BCUT2D eigenvalue weighted by molar-refractivity contribution is 0.339. The molecule has 0 aromatic heterocycles. The standard InChI is InChI=1S/C17H27N3/c1-18-10-14-5-6-17-16(9-14)15(12-20(17)2)8-13-4-3-7-19-11-13/h5-6,9,13,15,18-19H,3-4,7-8,10-12H2,1-2H3. The molecule has 1 fully saturated rings. The van der Waals surface area contributed by atoms with Crippen molar-refractivity contribution in [1.82, 2.24) is 10.6 Å². The van der Waals surface area contributed by atoms with E-state index in [-0.39, 0.29) is 0 Å². The quantitative estimate of drug-likeness (QED) is 0.881. The van der Waals surface area contributed by atoms with Gasteiger partial charge >= 0.3 is 0 Å². The summed E-state index contributed by atoms with van der Waals surface area (Å²) in [5.74, 6) is 1.58. The molecule has 0 amide bonds. The van der Waals surface area contributed by atoms with Gasteiger partial charge in [0.1, 0.15) is 0 Å². The van der Waals surface area contributed by atoms with Crippen LogP contribution in [0.3, 0.4) is 0 Å². The Hall–Kier alpha value is -1.06. The van der Waals surface area contributed by atoms with Crippen molar-refractivity contribution in [1.29, 1.82) is 0 Å². The molecule has 2 N–H and O–H groups in total. The molecule has 0 aliphatic carbocycles. The average Bonchev–Trinajstić information content (AvgIpc) is 2.77. The molecule has 2 aliphatic rings. The first-order valence-corrected chi connectivity index (χ1v) is 7.97. The minimum atomic E-state index is 0.719. The van der Waals surface area contributed by atoms with Gasteiger partial charge in [0.05, 0.1) is 0 Å². The van der Waals surface area contributed by atoms with Gasteiger partial charge in [0.15, 0.2) is 0 Å². The van der Waals surface area contributed by atoms with E-state index in [0.29, 0.717) is 0 Å². The average molecular weight is 273 g/mol. The molecule has 1 aromatic carbocycles. The Bertz CT molecular complexity index is 452. The number of piperidine rings is 1. The molecule has 2 atom stereocenters. The normalized spacial score (nSPS) is 25.8. The number of anilines is 1. The lowest BCUT2D eigenvalue weighted by Crippen LogP contribution is -2.31. The summed E-state index contributed by atoms with van der Waals surface area (Å²) in [6.45, 7) is 4.58. The summed E-state index contributed by atoms with van der Waals surface area (Å²) in [5.41, 5.74) is 4.43. The monoisotopic (exact) mass is 273 g/mol. The fourth-order valence-electron chi connectivity index (χ4n) is 3.85. The van der Waals surface area contributed by atoms with Crippen LogP contribution in [0.5, 0.6) is 0 Å². The highest BCUT2D eigenvalue weighted by Crippen LogP contribution is 2.40. The molecule has 0 bridgehead atoms. The number of rotatable bonds is 4. The minimum Gasteiger partial charge on any atom is -0.374 e. The van der Waals surface area contributed by atoms with Gasteiger partial charge in [-0.3, -0.25) is 0 Å². The van der Waals surface area contributed by atoms with Gasteiger partial charge < -0.3 is 15.5 Å². The largest absolute Gasteiger partial charge is 0.374 e. The molecule has 0 radical (unpaired) electrons. The van der Waals surface area contributed by atoms with E-state index < -0.39 is 0 Å². The first-order chi connectivity index (χ1) is 9.78. The fourth-order valence-corrected chi connectivity index (χ4v) is 3.85. The van der Waals surface area contributed by atoms with E-state index >= 15 is 0 Å². The maximum atomic E-state index is 3.55. The topological polar surface area (TPSA) is 27.3 Å². The summed E-state index contributed by atoms with van der Waals surface area (Å²) >= 11 is 0. The third-order valence-corrected chi connectivity index (χ3v) is 4.83. The highest BCUT2D eigenvalue weighted by atomic mass is 15.1. The predicted molar refractivity (Wildman–Crippen MR) is 85.4 cm³/mol. The Kier molecular flexibility index (Phi) is 4.27. The van der Waals surface area contributed by atoms with Crippen LogP contribution in [0.15, 0.2) is 18.2 Å². The van der Waals surface area contributed by atoms with Gasteiger partial charge in [0.25, 0.3) is 0 Å². The summed E-state index contributed by atoms with van der Waals surface area (Å²) in [7, 11) is 4.25. The third kappa shape index (κ3) is 2.84. The van der Waals surface area contributed by atoms with Crippen molar-refractivity contribution in [3.05, 3.63) is 29.3 Å². The molecule has 3 nitrogen and oxygen atoms in total. The van der Waals surface area contributed by atoms with Crippen molar-refractivity contribution in [2.45, 2.75) is 31.7 Å². The second-order valence-electron chi connectivity index (χ2n) is 6.45. The zero-order chi connectivity index (χ0) is 13.9. The molecule has 1 aromatic rings. The van der Waals surface area contributed by atoms with Crippen molar-refractivity contribution in [3.63, 3.8) is 0 Å². The summed E-state index contributed by atoms with van der Waals surface area (Å²) in [6, 6.07) is 6.99. The van der Waals surface area contributed by atoms with Crippen molar-refractivity contribution in [2.75, 3.05) is 38.6 Å². The van der Waals surface area contributed by atoms with Gasteiger partial charge in [-0.05, 0) is 62.5 Å². The number of nitrogens with one attached hydrogen (secondary N) is 2. The van der Waals surface area contributed by atoms with Crippen molar-refractivity contribution >= 4 is 5.69 Å². The lowest BCUT2D eigenvalue weighted by Gasteiger charge is -2.25. The molecule has 110 valence electrons. The Morgan fingerprint density at radius 3 is 3.05 bits per heavy atom. The van der Waals surface area contributed by atoms with Crippen LogP contribution in [-0.2, 0) is 6.54 Å². The number of likely N-dealkylation sites (N-methyl/N-ethyl adjacent to an activating group) is 1. The lowest BCUT2D eigenvalue weighted by atomic mass is 9.86. The molecule has 2 unspecified atom stereocenters. The number of hydrogen-bond acceptors (Lipinski definition) is 3. The highest BCUT2D eigenvalue weighted by molar-refractivity contribution is 5.60. The number of hydrogen-bond donors (Lipinski definition) is 2. The van der Waals surface area contributed by atoms with E-state index in [2.05, 4.69) is 40.8 Å². The maximum Gasteiger partial charge on any atom is 0.0400 e. The Morgan fingerprint density at radius 1 is 1.40 bits per heavy atom. The first-order valence-electron chi connectivity index (χ1n) is 7.97. The van der Waals surface area contributed by atoms with Crippen LogP contribution in [0.2, 0.25) is 0 Å². The van der Waals surface area contributed by atoms with Crippen LogP contribution in [0, 0.1) is 5.92 Å². The molecule has 20 heavy (non-hydrogen) atoms. The third-order valence-electron chi connectivity index (χ3n) is 4.83. The van der Waals surface area contributed by atoms with Crippen molar-refractivity contribution in [3.8, 4) is 0 Å². The first kappa shape index (κ1) is 13.9. The Balaban J connectivity index is 1.76. The van der Waals surface area contributed by atoms with Crippen LogP contribution in [0.25, 0.3) is 0 Å². The van der Waals surface area contributed by atoms with E-state index in [1.807, 2.05) is 7.05 Å². The van der Waals surface area contributed by atoms with Crippen molar-refractivity contribution < 1.29 is 0 Å². The molecular weight excluding hydrogens is 246 g/mol. The second kappa shape index (κ2) is 6.15. The summed E-state index contributed by atoms with van der Waals surface area (Å²) in [4.78, 5) is 2.43. The maximum absolute atomic E-state index is 3.55. The molecule has 3 heteroatoms. The van der Waals surface area contributed by atoms with Gasteiger partial charge in [-0.2, -0.15) is 0 Å². The fraction of sp³-hybridized carbons (Fsp3) is 0.647. The summed E-state index contributed by atoms with van der Waals surface area (Å²) < 4.78 is 0. The molecule has 2 heterocycles. The van der Waals surface area contributed by atoms with Gasteiger partial charge in [0.2, 0.25) is 0 Å². The van der Waals surface area contributed by atoms with Crippen LogP contribution in [0.1, 0.15) is 36.3 Å². The van der Waals surface area contributed by atoms with Gasteiger partial charge in [-0.25, -0.2) is 0 Å². The molecule has 2 aliphatic heterocycles. The summed E-state index contributed by atoms with van der Waals surface area (Å²) in [6.07, 6.45) is 4.09. The van der Waals surface area contributed by atoms with Crippen molar-refractivity contribution in [2.24, 2.45) is 5.92 Å². The van der Waals surface area contributed by atoms with Gasteiger partial charge in [0, 0.05) is 31.7 Å². The minimum absolute atomic E-state index is 0.719. The van der Waals surface area contributed by atoms with Crippen LogP contribution >= 0.6 is 0 Å². The zero-order valence-electron chi connectivity index (χ0n) is 12.8. The molecule has 3 rings (SSSR count). The van der Waals surface area contributed by atoms with Gasteiger partial charge in [-0.15, -0.1) is 0 Å². The molecular formula is C17H27N3. The SMILES string of the molecule is CNCc1ccc2c(c1)C(CC1CCCNC1)CN2C. The zero-order valence-corrected chi connectivity index (χ0v) is 12.8. The molecule has 1 saturated heterocycles. The number of nitrogens with zero attached hydrogens (tertiary/aromatic N) is 1. The van der Waals surface area contributed by atoms with E-state index in [1.165, 1.54) is 50.1 Å². The molecule has 0 spiro atoms. The van der Waals surface area contributed by atoms with Crippen LogP contribution in [-0.4, -0.2) is 33.7 Å². The van der Waals surface area contributed by atoms with E-state index in [1.54, 1.807) is 5.56 Å². The second-order valence-corrected chi connectivity index (χ2v) is 6.45. The molecule has 0 saturated carbocycles.